The second-order valence-corrected chi connectivity index (χ2v) is 9.99. The SMILES string of the molecule is [2H]C([2H])(c1c[n+](C)c(-c2c(C)ccc3c2oc2c(-c4ccccc4)ccc(C#N)c23)cc1F)C(C)(C)C. The maximum Gasteiger partial charge on any atom is 0.219 e. The van der Waals surface area contributed by atoms with Crippen molar-refractivity contribution in [1.82, 2.24) is 0 Å². The first kappa shape index (κ1) is 20.4. The predicted octanol–water partition coefficient (Wildman–Crippen LogP) is 7.65. The van der Waals surface area contributed by atoms with Gasteiger partial charge in [0.2, 0.25) is 5.69 Å². The molecule has 0 aliphatic rings. The van der Waals surface area contributed by atoms with E-state index in [1.54, 1.807) is 32.4 Å². The standard InChI is InChI=1S/C31H28FN2O/c1-19-11-13-24-28-21(17-33)12-14-23(20-9-7-6-8-10-20)29(28)35-30(24)27(19)26-15-25(32)22(18-34(26)5)16-31(2,3)4/h6-15,18H,16H2,1-5H3/q+1/i16D2. The molecule has 0 aliphatic heterocycles. The zero-order valence-electron chi connectivity index (χ0n) is 22.5. The van der Waals surface area contributed by atoms with Crippen molar-refractivity contribution in [1.29, 1.82) is 5.26 Å². The Labute approximate surface area is 207 Å². The van der Waals surface area contributed by atoms with Crippen LogP contribution in [0, 0.1) is 29.5 Å². The van der Waals surface area contributed by atoms with Gasteiger partial charge in [-0.05, 0) is 42.0 Å². The number of fused-ring (bicyclic) bond motifs is 3. The van der Waals surface area contributed by atoms with E-state index in [2.05, 4.69) is 6.07 Å². The molecule has 0 radical (unpaired) electrons. The minimum atomic E-state index is -1.87. The fourth-order valence-corrected chi connectivity index (χ4v) is 4.67. The maximum atomic E-state index is 15.6. The van der Waals surface area contributed by atoms with Gasteiger partial charge in [-0.3, -0.25) is 0 Å². The number of aryl methyl sites for hydroxylation is 2. The summed E-state index contributed by atoms with van der Waals surface area (Å²) >= 11 is 0. The Hall–Kier alpha value is -3.97. The maximum absolute atomic E-state index is 15.6. The number of hydrogen-bond donors (Lipinski definition) is 0. The van der Waals surface area contributed by atoms with Crippen molar-refractivity contribution >= 4 is 21.9 Å². The summed E-state index contributed by atoms with van der Waals surface area (Å²) in [5, 5.41) is 11.4. The number of furan rings is 1. The van der Waals surface area contributed by atoms with Crippen LogP contribution in [-0.4, -0.2) is 0 Å². The van der Waals surface area contributed by atoms with Crippen molar-refractivity contribution in [3.63, 3.8) is 0 Å². The third kappa shape index (κ3) is 3.98. The molecule has 3 aromatic carbocycles. The summed E-state index contributed by atoms with van der Waals surface area (Å²) in [5.74, 6) is -0.608. The number of benzene rings is 3. The van der Waals surface area contributed by atoms with E-state index in [-0.39, 0.29) is 5.56 Å². The molecule has 0 saturated heterocycles. The molecule has 3 nitrogen and oxygen atoms in total. The largest absolute Gasteiger partial charge is 0.454 e. The van der Waals surface area contributed by atoms with Gasteiger partial charge in [-0.25, -0.2) is 8.96 Å². The van der Waals surface area contributed by atoms with Crippen LogP contribution in [0.2, 0.25) is 0 Å². The molecule has 0 spiro atoms. The van der Waals surface area contributed by atoms with Gasteiger partial charge in [0, 0.05) is 25.1 Å². The number of rotatable bonds is 3. The van der Waals surface area contributed by atoms with Crippen LogP contribution in [0.4, 0.5) is 4.39 Å². The lowest BCUT2D eigenvalue weighted by Crippen LogP contribution is -2.33. The topological polar surface area (TPSA) is 40.8 Å². The first-order valence-corrected chi connectivity index (χ1v) is 11.6. The lowest BCUT2D eigenvalue weighted by atomic mass is 9.88. The van der Waals surface area contributed by atoms with Gasteiger partial charge in [0.25, 0.3) is 0 Å². The first-order valence-electron chi connectivity index (χ1n) is 12.6. The van der Waals surface area contributed by atoms with Crippen LogP contribution < -0.4 is 4.57 Å². The second-order valence-electron chi connectivity index (χ2n) is 9.99. The van der Waals surface area contributed by atoms with Gasteiger partial charge in [0.15, 0.2) is 6.20 Å². The van der Waals surface area contributed by atoms with Crippen LogP contribution in [0.3, 0.4) is 0 Å². The van der Waals surface area contributed by atoms with Gasteiger partial charge < -0.3 is 4.42 Å². The molecular weight excluding hydrogens is 435 g/mol. The van der Waals surface area contributed by atoms with Crippen LogP contribution in [0.25, 0.3) is 44.3 Å². The lowest BCUT2D eigenvalue weighted by Gasteiger charge is -2.18. The van der Waals surface area contributed by atoms with E-state index in [1.807, 2.05) is 61.5 Å². The minimum absolute atomic E-state index is 0.0128. The Bertz CT molecular complexity index is 1720. The van der Waals surface area contributed by atoms with E-state index < -0.39 is 17.6 Å². The quantitative estimate of drug-likeness (QED) is 0.257. The summed E-state index contributed by atoms with van der Waals surface area (Å²) in [4.78, 5) is 0. The van der Waals surface area contributed by atoms with Gasteiger partial charge >= 0.3 is 0 Å². The van der Waals surface area contributed by atoms with Crippen LogP contribution in [0.15, 0.2) is 71.3 Å². The molecule has 0 fully saturated rings. The fraction of sp³-hybridized carbons (Fsp3) is 0.226. The summed E-state index contributed by atoms with van der Waals surface area (Å²) in [6, 6.07) is 21.1. The summed E-state index contributed by atoms with van der Waals surface area (Å²) in [7, 11) is 1.79. The summed E-state index contributed by atoms with van der Waals surface area (Å²) in [6.07, 6.45) is -0.340. The van der Waals surface area contributed by atoms with E-state index in [9.17, 15) is 5.26 Å². The molecular formula is C31H28FN2O+. The monoisotopic (exact) mass is 465 g/mol. The number of hydrogen-bond acceptors (Lipinski definition) is 2. The minimum Gasteiger partial charge on any atom is -0.454 e. The van der Waals surface area contributed by atoms with Crippen molar-refractivity contribution in [2.24, 2.45) is 12.5 Å². The zero-order chi connectivity index (χ0) is 26.7. The average Bonchev–Trinajstić information content (AvgIpc) is 3.24. The molecule has 0 bridgehead atoms. The highest BCUT2D eigenvalue weighted by Crippen LogP contribution is 2.42. The molecule has 0 amide bonds. The van der Waals surface area contributed by atoms with Crippen LogP contribution in [0.1, 0.15) is 40.2 Å². The Balaban J connectivity index is 1.83. The molecule has 0 saturated carbocycles. The fourth-order valence-electron chi connectivity index (χ4n) is 4.67. The molecule has 2 aromatic heterocycles. The number of nitrogens with zero attached hydrogens (tertiary/aromatic N) is 2. The predicted molar refractivity (Wildman–Crippen MR) is 138 cm³/mol. The molecule has 5 aromatic rings. The smallest absolute Gasteiger partial charge is 0.219 e. The molecule has 0 aliphatic carbocycles. The van der Waals surface area contributed by atoms with E-state index in [1.165, 1.54) is 12.3 Å². The van der Waals surface area contributed by atoms with E-state index in [4.69, 9.17) is 7.16 Å². The van der Waals surface area contributed by atoms with Gasteiger partial charge in [0.1, 0.15) is 24.0 Å². The van der Waals surface area contributed by atoms with Crippen molar-refractivity contribution in [2.75, 3.05) is 0 Å². The normalized spacial score (nSPS) is 13.1. The lowest BCUT2D eigenvalue weighted by molar-refractivity contribution is -0.661. The van der Waals surface area contributed by atoms with Gasteiger partial charge in [-0.15, -0.1) is 0 Å². The number of nitriles is 1. The molecule has 4 heteroatoms. The highest BCUT2D eigenvalue weighted by molar-refractivity contribution is 6.15. The Kier molecular flexibility index (Phi) is 4.87. The Morgan fingerprint density at radius 1 is 1.06 bits per heavy atom. The summed E-state index contributed by atoms with van der Waals surface area (Å²) in [6.45, 7) is 7.22. The van der Waals surface area contributed by atoms with Crippen LogP contribution in [0.5, 0.6) is 0 Å². The molecule has 0 unspecified atom stereocenters. The van der Waals surface area contributed by atoms with Crippen molar-refractivity contribution in [3.8, 4) is 28.5 Å². The Morgan fingerprint density at radius 3 is 2.49 bits per heavy atom. The van der Waals surface area contributed by atoms with Gasteiger partial charge in [-0.1, -0.05) is 63.2 Å². The summed E-state index contributed by atoms with van der Waals surface area (Å²) < 4.78 is 41.0. The number of halogens is 1. The summed E-state index contributed by atoms with van der Waals surface area (Å²) in [5.41, 5.74) is 4.90. The average molecular weight is 466 g/mol. The number of pyridine rings is 1. The van der Waals surface area contributed by atoms with Crippen LogP contribution in [-0.2, 0) is 13.4 Å². The molecule has 35 heavy (non-hydrogen) atoms. The van der Waals surface area contributed by atoms with Gasteiger partial charge in [-0.2, -0.15) is 5.26 Å². The van der Waals surface area contributed by atoms with Crippen LogP contribution >= 0.6 is 0 Å². The molecule has 2 heterocycles. The molecule has 5 rings (SSSR count). The van der Waals surface area contributed by atoms with E-state index >= 15 is 4.39 Å². The van der Waals surface area contributed by atoms with E-state index in [0.29, 0.717) is 28.0 Å². The third-order valence-electron chi connectivity index (χ3n) is 6.19. The molecule has 174 valence electrons. The zero-order valence-corrected chi connectivity index (χ0v) is 20.5. The van der Waals surface area contributed by atoms with E-state index in [0.717, 1.165) is 27.5 Å². The van der Waals surface area contributed by atoms with Crippen molar-refractivity contribution < 1.29 is 16.1 Å². The molecule has 0 N–H and O–H groups in total. The van der Waals surface area contributed by atoms with Crippen molar-refractivity contribution in [2.45, 2.75) is 34.1 Å². The van der Waals surface area contributed by atoms with Gasteiger partial charge in [0.05, 0.1) is 22.8 Å². The highest BCUT2D eigenvalue weighted by Gasteiger charge is 2.26. The van der Waals surface area contributed by atoms with Crippen molar-refractivity contribution in [3.05, 3.63) is 89.4 Å². The number of aromatic nitrogens is 1. The molecule has 0 atom stereocenters. The Morgan fingerprint density at radius 2 is 1.80 bits per heavy atom. The first-order chi connectivity index (χ1) is 17.5. The highest BCUT2D eigenvalue weighted by atomic mass is 19.1. The second kappa shape index (κ2) is 8.36. The third-order valence-corrected chi connectivity index (χ3v) is 6.19.